The van der Waals surface area contributed by atoms with Gasteiger partial charge in [-0.1, -0.05) is 13.8 Å². The van der Waals surface area contributed by atoms with Crippen LogP contribution in [0, 0.1) is 19.8 Å². The Morgan fingerprint density at radius 2 is 1.70 bits per heavy atom. The summed E-state index contributed by atoms with van der Waals surface area (Å²) in [7, 11) is 0. The normalized spacial score (nSPS) is 14.9. The molecule has 3 heterocycles. The van der Waals surface area contributed by atoms with Crippen molar-refractivity contribution in [1.82, 2.24) is 24.6 Å². The first kappa shape index (κ1) is 19.3. The van der Waals surface area contributed by atoms with Crippen molar-refractivity contribution < 1.29 is 4.79 Å². The highest BCUT2D eigenvalue weighted by atomic mass is 16.2. The third kappa shape index (κ3) is 4.46. The van der Waals surface area contributed by atoms with Gasteiger partial charge >= 0.3 is 0 Å². The molecule has 2 aromatic rings. The van der Waals surface area contributed by atoms with Crippen LogP contribution in [0.15, 0.2) is 12.1 Å². The first-order valence-corrected chi connectivity index (χ1v) is 9.80. The summed E-state index contributed by atoms with van der Waals surface area (Å²) < 4.78 is 1.83. The summed E-state index contributed by atoms with van der Waals surface area (Å²) in [6.45, 7) is 13.9. The van der Waals surface area contributed by atoms with Gasteiger partial charge in [0.25, 0.3) is 5.91 Å². The summed E-state index contributed by atoms with van der Waals surface area (Å²) in [6.07, 6.45) is 0.894. The third-order valence-corrected chi connectivity index (χ3v) is 4.79. The number of aromatic nitrogens is 4. The Kier molecular flexibility index (Phi) is 5.77. The quantitative estimate of drug-likeness (QED) is 0.809. The molecule has 1 aliphatic heterocycles. The second-order valence-corrected chi connectivity index (χ2v) is 7.66. The molecule has 0 spiro atoms. The van der Waals surface area contributed by atoms with Gasteiger partial charge in [0.2, 0.25) is 5.95 Å². The van der Waals surface area contributed by atoms with Crippen molar-refractivity contribution in [3.05, 3.63) is 34.9 Å². The predicted octanol–water partition coefficient (Wildman–Crippen LogP) is 2.47. The summed E-state index contributed by atoms with van der Waals surface area (Å²) in [5.74, 6) is 1.35. The van der Waals surface area contributed by atoms with E-state index in [-0.39, 0.29) is 5.91 Å². The third-order valence-electron chi connectivity index (χ3n) is 4.79. The maximum atomic E-state index is 13.0. The molecule has 0 aromatic carbocycles. The number of amides is 1. The van der Waals surface area contributed by atoms with Gasteiger partial charge in [-0.2, -0.15) is 5.10 Å². The molecule has 1 saturated heterocycles. The molecule has 3 rings (SSSR count). The lowest BCUT2D eigenvalue weighted by Gasteiger charge is -2.34. The van der Waals surface area contributed by atoms with Crippen LogP contribution in [0.3, 0.4) is 0 Å². The first-order chi connectivity index (χ1) is 12.9. The van der Waals surface area contributed by atoms with Gasteiger partial charge in [0.15, 0.2) is 0 Å². The largest absolute Gasteiger partial charge is 0.337 e. The molecule has 0 bridgehead atoms. The molecule has 0 atom stereocenters. The van der Waals surface area contributed by atoms with Gasteiger partial charge in [0.1, 0.15) is 5.69 Å². The van der Waals surface area contributed by atoms with Crippen molar-refractivity contribution in [1.29, 1.82) is 0 Å². The molecule has 7 nitrogen and oxygen atoms in total. The van der Waals surface area contributed by atoms with Crippen LogP contribution >= 0.6 is 0 Å². The molecule has 0 unspecified atom stereocenters. The average molecular weight is 371 g/mol. The zero-order valence-electron chi connectivity index (χ0n) is 17.1. The molecule has 0 aliphatic carbocycles. The van der Waals surface area contributed by atoms with E-state index >= 15 is 0 Å². The van der Waals surface area contributed by atoms with Crippen molar-refractivity contribution in [2.24, 2.45) is 5.92 Å². The van der Waals surface area contributed by atoms with Crippen molar-refractivity contribution in [3.63, 3.8) is 0 Å². The zero-order chi connectivity index (χ0) is 19.6. The van der Waals surface area contributed by atoms with Crippen LogP contribution in [-0.2, 0) is 13.0 Å². The van der Waals surface area contributed by atoms with E-state index in [4.69, 9.17) is 0 Å². The van der Waals surface area contributed by atoms with Gasteiger partial charge in [0.05, 0.1) is 5.69 Å². The highest BCUT2D eigenvalue weighted by Crippen LogP contribution is 2.16. The van der Waals surface area contributed by atoms with E-state index in [1.807, 2.05) is 42.5 Å². The topological polar surface area (TPSA) is 67.2 Å². The molecular weight excluding hydrogens is 340 g/mol. The van der Waals surface area contributed by atoms with Gasteiger partial charge in [-0.15, -0.1) is 0 Å². The summed E-state index contributed by atoms with van der Waals surface area (Å²) in [6, 6.07) is 3.94. The smallest absolute Gasteiger partial charge is 0.272 e. The first-order valence-electron chi connectivity index (χ1n) is 9.80. The number of anilines is 1. The van der Waals surface area contributed by atoms with E-state index in [0.717, 1.165) is 42.5 Å². The standard InChI is InChI=1S/C20H30N6O/c1-6-26-18(13-17(23-26)11-14(2)3)19(27)24-7-9-25(10-8-24)20-21-15(4)12-16(5)22-20/h12-14H,6-11H2,1-5H3. The molecule has 146 valence electrons. The Labute approximate surface area is 161 Å². The lowest BCUT2D eigenvalue weighted by atomic mass is 10.1. The summed E-state index contributed by atoms with van der Waals surface area (Å²) >= 11 is 0. The van der Waals surface area contributed by atoms with E-state index in [1.165, 1.54) is 0 Å². The fraction of sp³-hybridized carbons (Fsp3) is 0.600. The highest BCUT2D eigenvalue weighted by Gasteiger charge is 2.26. The Bertz CT molecular complexity index is 785. The van der Waals surface area contributed by atoms with Crippen molar-refractivity contribution >= 4 is 11.9 Å². The van der Waals surface area contributed by atoms with Gasteiger partial charge in [-0.25, -0.2) is 9.97 Å². The minimum atomic E-state index is 0.0698. The number of carbonyl (C=O) groups is 1. The van der Waals surface area contributed by atoms with E-state index in [1.54, 1.807) is 0 Å². The van der Waals surface area contributed by atoms with E-state index in [2.05, 4.69) is 33.8 Å². The summed E-state index contributed by atoms with van der Waals surface area (Å²) in [4.78, 5) is 26.2. The second-order valence-electron chi connectivity index (χ2n) is 7.66. The van der Waals surface area contributed by atoms with Crippen LogP contribution in [0.2, 0.25) is 0 Å². The number of nitrogens with zero attached hydrogens (tertiary/aromatic N) is 6. The predicted molar refractivity (Wildman–Crippen MR) is 106 cm³/mol. The maximum absolute atomic E-state index is 13.0. The number of carbonyl (C=O) groups excluding carboxylic acids is 1. The molecule has 1 fully saturated rings. The lowest BCUT2D eigenvalue weighted by Crippen LogP contribution is -2.49. The molecule has 1 aliphatic rings. The van der Waals surface area contributed by atoms with Crippen LogP contribution in [-0.4, -0.2) is 56.7 Å². The molecule has 27 heavy (non-hydrogen) atoms. The summed E-state index contributed by atoms with van der Waals surface area (Å²) in [5.41, 5.74) is 3.64. The number of hydrogen-bond donors (Lipinski definition) is 0. The zero-order valence-corrected chi connectivity index (χ0v) is 17.1. The molecule has 2 aromatic heterocycles. The van der Waals surface area contributed by atoms with Gasteiger partial charge in [-0.3, -0.25) is 9.48 Å². The van der Waals surface area contributed by atoms with Gasteiger partial charge in [-0.05, 0) is 45.2 Å². The SMILES string of the molecule is CCn1nc(CC(C)C)cc1C(=O)N1CCN(c2nc(C)cc(C)n2)CC1. The maximum Gasteiger partial charge on any atom is 0.272 e. The molecule has 0 saturated carbocycles. The van der Waals surface area contributed by atoms with Crippen molar-refractivity contribution in [3.8, 4) is 0 Å². The molecule has 0 radical (unpaired) electrons. The Balaban J connectivity index is 1.69. The average Bonchev–Trinajstić information content (AvgIpc) is 3.02. The second kappa shape index (κ2) is 8.06. The molecular formula is C20H30N6O. The van der Waals surface area contributed by atoms with E-state index < -0.39 is 0 Å². The molecule has 0 N–H and O–H groups in total. The highest BCUT2D eigenvalue weighted by molar-refractivity contribution is 5.93. The summed E-state index contributed by atoms with van der Waals surface area (Å²) in [5, 5.41) is 4.61. The van der Waals surface area contributed by atoms with Crippen LogP contribution in [0.5, 0.6) is 0 Å². The number of aryl methyl sites for hydroxylation is 3. The fourth-order valence-electron chi connectivity index (χ4n) is 3.52. The number of piperazine rings is 1. The fourth-order valence-corrected chi connectivity index (χ4v) is 3.52. The van der Waals surface area contributed by atoms with Crippen LogP contribution < -0.4 is 4.90 Å². The number of hydrogen-bond acceptors (Lipinski definition) is 5. The van der Waals surface area contributed by atoms with Crippen LogP contribution in [0.25, 0.3) is 0 Å². The van der Waals surface area contributed by atoms with Gasteiger partial charge < -0.3 is 9.80 Å². The van der Waals surface area contributed by atoms with Crippen LogP contribution in [0.1, 0.15) is 48.3 Å². The van der Waals surface area contributed by atoms with E-state index in [0.29, 0.717) is 31.2 Å². The number of rotatable bonds is 5. The van der Waals surface area contributed by atoms with Crippen molar-refractivity contribution in [2.75, 3.05) is 31.1 Å². The lowest BCUT2D eigenvalue weighted by molar-refractivity contribution is 0.0733. The minimum absolute atomic E-state index is 0.0698. The van der Waals surface area contributed by atoms with Crippen LogP contribution in [0.4, 0.5) is 5.95 Å². The Morgan fingerprint density at radius 3 is 2.26 bits per heavy atom. The Hall–Kier alpha value is -2.44. The molecule has 1 amide bonds. The molecule has 7 heteroatoms. The van der Waals surface area contributed by atoms with E-state index in [9.17, 15) is 4.79 Å². The van der Waals surface area contributed by atoms with Crippen molar-refractivity contribution in [2.45, 2.75) is 47.6 Å². The van der Waals surface area contributed by atoms with Gasteiger partial charge in [0, 0.05) is 44.1 Å². The minimum Gasteiger partial charge on any atom is -0.337 e. The Morgan fingerprint density at radius 1 is 1.07 bits per heavy atom. The monoisotopic (exact) mass is 370 g/mol.